The first-order valence-electron chi connectivity index (χ1n) is 13.9. The van der Waals surface area contributed by atoms with E-state index in [-0.39, 0.29) is 0 Å². The topological polar surface area (TPSA) is 104 Å². The molecule has 208 valence electrons. The molecule has 0 saturated carbocycles. The second-order valence-electron chi connectivity index (χ2n) is 9.92. The summed E-state index contributed by atoms with van der Waals surface area (Å²) in [6.45, 7) is 6.59. The van der Waals surface area contributed by atoms with Crippen molar-refractivity contribution in [3.8, 4) is 22.5 Å². The maximum atomic E-state index is 8.49. The quantitative estimate of drug-likeness (QED) is 0.198. The Morgan fingerprint density at radius 3 is 1.42 bits per heavy atom. The molecule has 1 heterocycles. The average molecular weight is 543 g/mol. The van der Waals surface area contributed by atoms with Crippen molar-refractivity contribution in [2.75, 3.05) is 0 Å². The lowest BCUT2D eigenvalue weighted by Crippen LogP contribution is -2.68. The highest BCUT2D eigenvalue weighted by molar-refractivity contribution is 5.70. The van der Waals surface area contributed by atoms with E-state index in [0.29, 0.717) is 0 Å². The van der Waals surface area contributed by atoms with E-state index in [4.69, 9.17) is 23.1 Å². The number of hydrogen-bond donors (Lipinski definition) is 0. The molecule has 6 heteroatoms. The number of hydrogen-bond acceptors (Lipinski definition) is 4. The smallest absolute Gasteiger partial charge is 0.222 e. The van der Waals surface area contributed by atoms with Crippen LogP contribution < -0.4 is 18.6 Å². The van der Waals surface area contributed by atoms with Crippen LogP contribution in [0.3, 0.4) is 0 Å². The summed E-state index contributed by atoms with van der Waals surface area (Å²) in [5.74, 6) is 1.89. The lowest BCUT2D eigenvalue weighted by Gasteiger charge is -2.17. The summed E-state index contributed by atoms with van der Waals surface area (Å²) in [5.41, 5.74) is 6.50. The molecule has 3 rings (SSSR count). The largest absolute Gasteiger partial charge is 0.360 e. The summed E-state index contributed by atoms with van der Waals surface area (Å²) in [5, 5.41) is 0. The van der Waals surface area contributed by atoms with E-state index < -0.39 is 10.2 Å². The molecular weight excluding hydrogens is 500 g/mol. The summed E-state index contributed by atoms with van der Waals surface area (Å²) in [6, 6.07) is 22.4. The zero-order chi connectivity index (χ0) is 27.8. The number of halogens is 1. The normalized spacial score (nSPS) is 11.2. The molecule has 0 bridgehead atoms. The zero-order valence-corrected chi connectivity index (χ0v) is 23.9. The first-order valence-corrected chi connectivity index (χ1v) is 15.2. The third-order valence-corrected chi connectivity index (χ3v) is 6.58. The van der Waals surface area contributed by atoms with Crippen molar-refractivity contribution >= 4 is 0 Å². The predicted octanol–water partition coefficient (Wildman–Crippen LogP) is 5.47. The molecule has 0 saturated heterocycles. The van der Waals surface area contributed by atoms with E-state index in [0.717, 1.165) is 17.1 Å². The van der Waals surface area contributed by atoms with Crippen LogP contribution in [0.2, 0.25) is 0 Å². The van der Waals surface area contributed by atoms with E-state index in [1.165, 1.54) is 99.3 Å². The van der Waals surface area contributed by atoms with Gasteiger partial charge in [-0.25, -0.2) is 23.1 Å². The Morgan fingerprint density at radius 2 is 0.974 bits per heavy atom. The maximum Gasteiger partial charge on any atom is 0.360 e. The monoisotopic (exact) mass is 542 g/mol. The molecule has 5 nitrogen and oxygen atoms in total. The molecular formula is C32H43ClO5. The van der Waals surface area contributed by atoms with E-state index in [1.807, 2.05) is 6.92 Å². The number of benzene rings is 2. The van der Waals surface area contributed by atoms with E-state index in [1.54, 1.807) is 0 Å². The summed E-state index contributed by atoms with van der Waals surface area (Å²) in [4.78, 5) is 0. The average Bonchev–Trinajstić information content (AvgIpc) is 2.88. The number of aryl methyl sites for hydroxylation is 3. The Hall–Kier alpha value is -2.28. The van der Waals surface area contributed by atoms with Crippen LogP contribution in [-0.2, 0) is 12.8 Å². The highest BCUT2D eigenvalue weighted by atomic mass is 35.7. The zero-order valence-electron chi connectivity index (χ0n) is 23.2. The Labute approximate surface area is 230 Å². The summed E-state index contributed by atoms with van der Waals surface area (Å²) >= 11 is 0. The van der Waals surface area contributed by atoms with E-state index in [2.05, 4.69) is 74.5 Å². The van der Waals surface area contributed by atoms with Gasteiger partial charge in [0.05, 0.1) is 18.6 Å². The third kappa shape index (κ3) is 13.5. The molecule has 0 aliphatic rings. The van der Waals surface area contributed by atoms with Crippen LogP contribution in [0.15, 0.2) is 65.1 Å². The highest BCUT2D eigenvalue weighted by Crippen LogP contribution is 2.29. The third-order valence-electron chi connectivity index (χ3n) is 6.58. The van der Waals surface area contributed by atoms with Gasteiger partial charge in [-0.2, -0.15) is 0 Å². The van der Waals surface area contributed by atoms with Crippen molar-refractivity contribution in [1.29, 1.82) is 0 Å². The Kier molecular flexibility index (Phi) is 14.6. The predicted molar refractivity (Wildman–Crippen MR) is 144 cm³/mol. The molecule has 2 aromatic carbocycles. The van der Waals surface area contributed by atoms with E-state index >= 15 is 0 Å². The van der Waals surface area contributed by atoms with Gasteiger partial charge < -0.3 is 0 Å². The van der Waals surface area contributed by atoms with Gasteiger partial charge in [0.1, 0.15) is 0 Å². The molecule has 1 aromatic heterocycles. The number of unbranched alkanes of at least 4 members (excludes halogenated alkanes) is 8. The van der Waals surface area contributed by atoms with Gasteiger partial charge in [-0.3, -0.25) is 0 Å². The van der Waals surface area contributed by atoms with Gasteiger partial charge in [0.25, 0.3) is 0 Å². The van der Waals surface area contributed by atoms with Crippen LogP contribution in [-0.4, -0.2) is 0 Å². The van der Waals surface area contributed by atoms with Crippen molar-refractivity contribution < 1.29 is 33.3 Å². The molecule has 0 radical (unpaired) electrons. The van der Waals surface area contributed by atoms with Crippen LogP contribution in [0, 0.1) is 17.2 Å². The fourth-order valence-corrected chi connectivity index (χ4v) is 4.51. The fraction of sp³-hybridized carbons (Fsp3) is 0.469. The highest BCUT2D eigenvalue weighted by Gasteiger charge is 2.16. The first-order chi connectivity index (χ1) is 18.2. The van der Waals surface area contributed by atoms with Crippen LogP contribution in [0.5, 0.6) is 0 Å². The first kappa shape index (κ1) is 31.9. The van der Waals surface area contributed by atoms with Gasteiger partial charge in [-0.15, -0.1) is 10.2 Å². The van der Waals surface area contributed by atoms with Crippen molar-refractivity contribution in [1.82, 2.24) is 0 Å². The van der Waals surface area contributed by atoms with Crippen molar-refractivity contribution in [2.24, 2.45) is 0 Å². The van der Waals surface area contributed by atoms with Gasteiger partial charge >= 0.3 is 11.5 Å². The molecule has 0 aliphatic heterocycles. The molecule has 38 heavy (non-hydrogen) atoms. The Balaban J connectivity index is 0.000000926. The Morgan fingerprint density at radius 1 is 0.553 bits per heavy atom. The molecule has 0 unspecified atom stereocenters. The second kappa shape index (κ2) is 17.3. The minimum absolute atomic E-state index is 0.944. The van der Waals surface area contributed by atoms with Gasteiger partial charge in [-0.05, 0) is 54.5 Å². The van der Waals surface area contributed by atoms with Gasteiger partial charge in [-0.1, -0.05) is 102 Å². The lowest BCUT2D eigenvalue weighted by molar-refractivity contribution is -2.00. The van der Waals surface area contributed by atoms with Crippen LogP contribution in [0.25, 0.3) is 22.5 Å². The molecule has 3 aromatic rings. The van der Waals surface area contributed by atoms with Crippen molar-refractivity contribution in [3.63, 3.8) is 0 Å². The van der Waals surface area contributed by atoms with Crippen molar-refractivity contribution in [2.45, 2.75) is 97.8 Å². The summed E-state index contributed by atoms with van der Waals surface area (Å²) in [7, 11) is -4.94. The maximum absolute atomic E-state index is 8.49. The van der Waals surface area contributed by atoms with E-state index in [9.17, 15) is 0 Å². The molecule has 0 fully saturated rings. The molecule has 0 N–H and O–H groups in total. The van der Waals surface area contributed by atoms with Crippen LogP contribution in [0.1, 0.15) is 94.9 Å². The lowest BCUT2D eigenvalue weighted by atomic mass is 9.99. The minimum Gasteiger partial charge on any atom is -0.222 e. The molecule has 0 atom stereocenters. The van der Waals surface area contributed by atoms with Crippen LogP contribution in [0.4, 0.5) is 0 Å². The van der Waals surface area contributed by atoms with Gasteiger partial charge in [0.2, 0.25) is 0 Å². The fourth-order valence-electron chi connectivity index (χ4n) is 4.51. The van der Waals surface area contributed by atoms with Crippen LogP contribution >= 0.6 is 0 Å². The molecule has 0 spiro atoms. The second-order valence-corrected chi connectivity index (χ2v) is 10.7. The standard InChI is InChI=1S/C32H43O.ClHO4/c1-4-6-8-10-12-14-27-16-20-29(21-17-27)31-24-26(3)33-32(25-31)30-22-18-28(19-23-30)15-13-11-9-7-5-2;2-1(3,4)5/h16-25H,4-15H2,1-3H3;(H,2,3,4,5)/q+1;/p-1. The van der Waals surface area contributed by atoms with Crippen molar-refractivity contribution in [3.05, 3.63) is 77.6 Å². The summed E-state index contributed by atoms with van der Waals surface area (Å²) in [6.07, 6.45) is 15.7. The summed E-state index contributed by atoms with van der Waals surface area (Å²) < 4.78 is 40.1. The minimum atomic E-state index is -4.94. The van der Waals surface area contributed by atoms with Gasteiger partial charge in [0.15, 0.2) is 0 Å². The van der Waals surface area contributed by atoms with Gasteiger partial charge in [0, 0.05) is 11.6 Å². The Bertz CT molecular complexity index is 961. The molecule has 0 aliphatic carbocycles. The number of rotatable bonds is 14. The molecule has 0 amide bonds. The SMILES string of the molecule is CCCCCCCc1ccc(-c2cc(C)[o+]c(-c3ccc(CCCCCCC)cc3)c2)cc1.[O-][Cl+3]([O-])([O-])[O-].